The number of ether oxygens (including phenoxy) is 1. The molecule has 1 aliphatic heterocycles. The van der Waals surface area contributed by atoms with E-state index in [9.17, 15) is 23.3 Å². The van der Waals surface area contributed by atoms with Crippen LogP contribution in [0, 0.1) is 10.1 Å². The number of nitro benzene ring substituents is 1. The van der Waals surface area contributed by atoms with Gasteiger partial charge >= 0.3 is 6.18 Å². The van der Waals surface area contributed by atoms with Crippen molar-refractivity contribution in [2.45, 2.75) is 18.3 Å². The Morgan fingerprint density at radius 2 is 1.67 bits per heavy atom. The zero-order valence-corrected chi connectivity index (χ0v) is 12.1. The van der Waals surface area contributed by atoms with Gasteiger partial charge in [-0.3, -0.25) is 10.1 Å². The van der Waals surface area contributed by atoms with E-state index < -0.39 is 23.2 Å². The first-order valence-corrected chi connectivity index (χ1v) is 6.97. The van der Waals surface area contributed by atoms with Gasteiger partial charge in [-0.05, 0) is 29.8 Å². The number of non-ortho nitro benzene ring substituents is 1. The highest BCUT2D eigenvalue weighted by atomic mass is 19.4. The molecule has 0 saturated heterocycles. The van der Waals surface area contributed by atoms with Gasteiger partial charge in [0.15, 0.2) is 12.1 Å². The molecule has 8 heteroatoms. The lowest BCUT2D eigenvalue weighted by Crippen LogP contribution is -2.31. The van der Waals surface area contributed by atoms with Crippen molar-refractivity contribution in [3.05, 3.63) is 75.8 Å². The summed E-state index contributed by atoms with van der Waals surface area (Å²) in [6, 6.07) is 11.0. The second-order valence-corrected chi connectivity index (χ2v) is 5.17. The topological polar surface area (TPSA) is 64.7 Å². The first kappa shape index (κ1) is 16.0. The van der Waals surface area contributed by atoms with Crippen molar-refractivity contribution in [3.63, 3.8) is 0 Å². The first-order chi connectivity index (χ1) is 11.4. The van der Waals surface area contributed by atoms with Gasteiger partial charge in [0.1, 0.15) is 0 Å². The Morgan fingerprint density at radius 3 is 2.21 bits per heavy atom. The summed E-state index contributed by atoms with van der Waals surface area (Å²) in [6.07, 6.45) is -5.97. The molecule has 0 aromatic heterocycles. The molecule has 3 rings (SSSR count). The summed E-state index contributed by atoms with van der Waals surface area (Å²) < 4.78 is 45.3. The third-order valence-corrected chi connectivity index (χ3v) is 3.57. The van der Waals surface area contributed by atoms with Gasteiger partial charge < -0.3 is 4.74 Å². The first-order valence-electron chi connectivity index (χ1n) is 6.97. The van der Waals surface area contributed by atoms with E-state index in [0.717, 1.165) is 12.1 Å². The van der Waals surface area contributed by atoms with Crippen LogP contribution in [0.15, 0.2) is 59.6 Å². The number of alkyl halides is 3. The van der Waals surface area contributed by atoms with Gasteiger partial charge in [0, 0.05) is 17.7 Å². The molecule has 0 saturated carbocycles. The second kappa shape index (κ2) is 5.95. The lowest BCUT2D eigenvalue weighted by Gasteiger charge is -2.20. The highest BCUT2D eigenvalue weighted by Gasteiger charge is 2.50. The summed E-state index contributed by atoms with van der Waals surface area (Å²) in [7, 11) is 0. The average molecular weight is 336 g/mol. The van der Waals surface area contributed by atoms with Crippen LogP contribution in [-0.4, -0.2) is 23.0 Å². The van der Waals surface area contributed by atoms with Gasteiger partial charge in [-0.2, -0.15) is 13.2 Å². The van der Waals surface area contributed by atoms with Gasteiger partial charge in [-0.15, -0.1) is 0 Å². The van der Waals surface area contributed by atoms with Crippen molar-refractivity contribution >= 4 is 11.6 Å². The van der Waals surface area contributed by atoms with Crippen LogP contribution >= 0.6 is 0 Å². The van der Waals surface area contributed by atoms with Crippen molar-refractivity contribution < 1.29 is 22.8 Å². The van der Waals surface area contributed by atoms with Crippen LogP contribution in [0.4, 0.5) is 18.9 Å². The van der Waals surface area contributed by atoms with Gasteiger partial charge in [0.25, 0.3) is 5.69 Å². The van der Waals surface area contributed by atoms with Crippen LogP contribution in [0.1, 0.15) is 17.2 Å². The van der Waals surface area contributed by atoms with Crippen molar-refractivity contribution in [2.24, 2.45) is 4.99 Å². The van der Waals surface area contributed by atoms with E-state index in [0.29, 0.717) is 5.56 Å². The number of hydrogen-bond acceptors (Lipinski definition) is 4. The van der Waals surface area contributed by atoms with Crippen molar-refractivity contribution in [1.29, 1.82) is 0 Å². The third-order valence-electron chi connectivity index (χ3n) is 3.57. The summed E-state index contributed by atoms with van der Waals surface area (Å²) in [4.78, 5) is 13.7. The SMILES string of the molecule is O=[N+]([O-])c1ccc(C2OC(c3ccccc3)=NC2C(F)(F)F)cc1. The second-order valence-electron chi connectivity index (χ2n) is 5.17. The number of nitro groups is 1. The third kappa shape index (κ3) is 3.08. The molecule has 5 nitrogen and oxygen atoms in total. The molecule has 2 unspecified atom stereocenters. The van der Waals surface area contributed by atoms with Crippen LogP contribution < -0.4 is 0 Å². The Kier molecular flexibility index (Phi) is 3.96. The maximum absolute atomic E-state index is 13.3. The maximum atomic E-state index is 13.3. The normalized spacial score (nSPS) is 20.4. The Hall–Kier alpha value is -2.90. The van der Waals surface area contributed by atoms with E-state index in [1.54, 1.807) is 30.3 Å². The van der Waals surface area contributed by atoms with Crippen LogP contribution in [0.3, 0.4) is 0 Å². The quantitative estimate of drug-likeness (QED) is 0.627. The molecule has 24 heavy (non-hydrogen) atoms. The summed E-state index contributed by atoms with van der Waals surface area (Å²) >= 11 is 0. The van der Waals surface area contributed by atoms with Gasteiger partial charge in [0.05, 0.1) is 4.92 Å². The molecule has 0 radical (unpaired) electrons. The standard InChI is InChI=1S/C16H11F3N2O3/c17-16(18,19)14-13(10-6-8-12(9-7-10)21(22)23)24-15(20-14)11-4-2-1-3-5-11/h1-9,13-14H. The number of aliphatic imine (C=N–C) groups is 1. The molecule has 0 aliphatic carbocycles. The molecule has 2 aromatic rings. The summed E-state index contributed by atoms with van der Waals surface area (Å²) in [5.41, 5.74) is 0.415. The van der Waals surface area contributed by atoms with Crippen LogP contribution in [-0.2, 0) is 4.74 Å². The van der Waals surface area contributed by atoms with Gasteiger partial charge in [0.2, 0.25) is 5.90 Å². The van der Waals surface area contributed by atoms with E-state index in [-0.39, 0.29) is 17.1 Å². The molecule has 0 N–H and O–H groups in total. The molecule has 2 atom stereocenters. The van der Waals surface area contributed by atoms with E-state index in [4.69, 9.17) is 4.74 Å². The van der Waals surface area contributed by atoms with E-state index in [1.807, 2.05) is 0 Å². The summed E-state index contributed by atoms with van der Waals surface area (Å²) in [6.45, 7) is 0. The van der Waals surface area contributed by atoms with Crippen molar-refractivity contribution in [1.82, 2.24) is 0 Å². The Labute approximate surface area is 134 Å². The number of halogens is 3. The highest BCUT2D eigenvalue weighted by Crippen LogP contribution is 2.40. The van der Waals surface area contributed by atoms with Crippen LogP contribution in [0.25, 0.3) is 0 Å². The molecule has 2 aromatic carbocycles. The number of rotatable bonds is 3. The smallest absolute Gasteiger partial charge is 0.414 e. The fourth-order valence-electron chi connectivity index (χ4n) is 2.41. The highest BCUT2D eigenvalue weighted by molar-refractivity contribution is 5.95. The fourth-order valence-corrected chi connectivity index (χ4v) is 2.41. The molecule has 0 fully saturated rings. The zero-order valence-electron chi connectivity index (χ0n) is 12.1. The van der Waals surface area contributed by atoms with E-state index in [1.165, 1.54) is 12.1 Å². The van der Waals surface area contributed by atoms with Crippen molar-refractivity contribution in [3.8, 4) is 0 Å². The number of hydrogen-bond donors (Lipinski definition) is 0. The Balaban J connectivity index is 1.94. The monoisotopic (exact) mass is 336 g/mol. The number of nitrogens with zero attached hydrogens (tertiary/aromatic N) is 2. The van der Waals surface area contributed by atoms with Crippen LogP contribution in [0.5, 0.6) is 0 Å². The number of benzene rings is 2. The molecular weight excluding hydrogens is 325 g/mol. The largest absolute Gasteiger partial charge is 0.467 e. The minimum absolute atomic E-state index is 0.0960. The van der Waals surface area contributed by atoms with Gasteiger partial charge in [-0.25, -0.2) is 4.99 Å². The summed E-state index contributed by atoms with van der Waals surface area (Å²) in [5.74, 6) is -0.0960. The molecule has 1 heterocycles. The molecule has 124 valence electrons. The Morgan fingerprint density at radius 1 is 1.04 bits per heavy atom. The van der Waals surface area contributed by atoms with Crippen molar-refractivity contribution in [2.75, 3.05) is 0 Å². The maximum Gasteiger partial charge on any atom is 0.414 e. The minimum Gasteiger partial charge on any atom is -0.467 e. The predicted molar refractivity (Wildman–Crippen MR) is 79.7 cm³/mol. The minimum atomic E-state index is -4.59. The molecule has 0 amide bonds. The molecular formula is C16H11F3N2O3. The Bertz CT molecular complexity index is 773. The summed E-state index contributed by atoms with van der Waals surface area (Å²) in [5, 5.41) is 10.7. The van der Waals surface area contributed by atoms with Crippen LogP contribution in [0.2, 0.25) is 0 Å². The lowest BCUT2D eigenvalue weighted by atomic mass is 10.0. The lowest BCUT2D eigenvalue weighted by molar-refractivity contribution is -0.384. The fraction of sp³-hybridized carbons (Fsp3) is 0.188. The van der Waals surface area contributed by atoms with E-state index >= 15 is 0 Å². The predicted octanol–water partition coefficient (Wildman–Crippen LogP) is 4.04. The molecule has 0 spiro atoms. The average Bonchev–Trinajstić information content (AvgIpc) is 3.01. The molecule has 0 bridgehead atoms. The molecule has 1 aliphatic rings. The van der Waals surface area contributed by atoms with Gasteiger partial charge in [-0.1, -0.05) is 18.2 Å². The zero-order chi connectivity index (χ0) is 17.3. The van der Waals surface area contributed by atoms with E-state index in [2.05, 4.69) is 4.99 Å².